The van der Waals surface area contributed by atoms with E-state index in [4.69, 9.17) is 4.98 Å². The number of likely N-dealkylation sites (tertiary alicyclic amines) is 1. The first-order valence-corrected chi connectivity index (χ1v) is 10.9. The Hall–Kier alpha value is -1.46. The lowest BCUT2D eigenvalue weighted by Gasteiger charge is -2.32. The SMILES string of the molecule is CC1CCC(NC(=O)CN2CCC(c3nc4ccccc4s3)CC2)CC1. The first kappa shape index (κ1) is 17.9. The largest absolute Gasteiger partial charge is 0.352 e. The molecule has 0 bridgehead atoms. The first-order chi connectivity index (χ1) is 12.7. The van der Waals surface area contributed by atoms with Crippen LogP contribution in [0.2, 0.25) is 0 Å². The Morgan fingerprint density at radius 2 is 1.88 bits per heavy atom. The number of hydrogen-bond acceptors (Lipinski definition) is 4. The number of nitrogens with one attached hydrogen (secondary N) is 1. The minimum absolute atomic E-state index is 0.211. The van der Waals surface area contributed by atoms with Gasteiger partial charge >= 0.3 is 0 Å². The molecule has 1 N–H and O–H groups in total. The van der Waals surface area contributed by atoms with E-state index < -0.39 is 0 Å². The molecule has 1 saturated heterocycles. The van der Waals surface area contributed by atoms with Crippen LogP contribution in [0.5, 0.6) is 0 Å². The molecule has 2 fully saturated rings. The minimum Gasteiger partial charge on any atom is -0.352 e. The fourth-order valence-electron chi connectivity index (χ4n) is 4.28. The number of hydrogen-bond donors (Lipinski definition) is 1. The molecule has 2 heterocycles. The van der Waals surface area contributed by atoms with Crippen molar-refractivity contribution < 1.29 is 4.79 Å². The fraction of sp³-hybridized carbons (Fsp3) is 0.619. The average molecular weight is 372 g/mol. The summed E-state index contributed by atoms with van der Waals surface area (Å²) in [4.78, 5) is 19.5. The summed E-state index contributed by atoms with van der Waals surface area (Å²) in [5.41, 5.74) is 1.12. The molecule has 2 aromatic rings. The molecule has 0 radical (unpaired) electrons. The van der Waals surface area contributed by atoms with Gasteiger partial charge in [-0.15, -0.1) is 11.3 Å². The summed E-state index contributed by atoms with van der Waals surface area (Å²) < 4.78 is 1.28. The van der Waals surface area contributed by atoms with E-state index in [0.717, 1.165) is 50.2 Å². The molecule has 0 spiro atoms. The van der Waals surface area contributed by atoms with E-state index in [-0.39, 0.29) is 5.91 Å². The van der Waals surface area contributed by atoms with Gasteiger partial charge in [-0.25, -0.2) is 4.98 Å². The predicted molar refractivity (Wildman–Crippen MR) is 108 cm³/mol. The lowest BCUT2D eigenvalue weighted by atomic mass is 9.87. The molecule has 1 saturated carbocycles. The molecule has 140 valence electrons. The number of rotatable bonds is 4. The number of fused-ring (bicyclic) bond motifs is 1. The zero-order valence-corrected chi connectivity index (χ0v) is 16.4. The summed E-state index contributed by atoms with van der Waals surface area (Å²) in [5, 5.41) is 4.53. The highest BCUT2D eigenvalue weighted by molar-refractivity contribution is 7.18. The van der Waals surface area contributed by atoms with Gasteiger partial charge in [-0.3, -0.25) is 9.69 Å². The summed E-state index contributed by atoms with van der Waals surface area (Å²) in [7, 11) is 0. The summed E-state index contributed by atoms with van der Waals surface area (Å²) >= 11 is 1.83. The molecule has 4 nitrogen and oxygen atoms in total. The number of aromatic nitrogens is 1. The molecule has 4 rings (SSSR count). The van der Waals surface area contributed by atoms with E-state index >= 15 is 0 Å². The van der Waals surface area contributed by atoms with Gasteiger partial charge in [0.25, 0.3) is 0 Å². The van der Waals surface area contributed by atoms with Crippen molar-refractivity contribution in [2.24, 2.45) is 5.92 Å². The van der Waals surface area contributed by atoms with Crippen LogP contribution in [-0.2, 0) is 4.79 Å². The number of carbonyl (C=O) groups is 1. The van der Waals surface area contributed by atoms with Crippen molar-refractivity contribution in [2.75, 3.05) is 19.6 Å². The molecule has 1 amide bonds. The molecule has 2 aliphatic rings. The van der Waals surface area contributed by atoms with Crippen LogP contribution in [0.4, 0.5) is 0 Å². The van der Waals surface area contributed by atoms with Gasteiger partial charge in [0.15, 0.2) is 0 Å². The minimum atomic E-state index is 0.211. The van der Waals surface area contributed by atoms with Gasteiger partial charge < -0.3 is 5.32 Å². The van der Waals surface area contributed by atoms with Crippen LogP contribution in [0.15, 0.2) is 24.3 Å². The second kappa shape index (κ2) is 8.05. The number of nitrogens with zero attached hydrogens (tertiary/aromatic N) is 2. The molecule has 1 aromatic heterocycles. The van der Waals surface area contributed by atoms with E-state index in [1.54, 1.807) is 0 Å². The third-order valence-corrected chi connectivity index (χ3v) is 7.19. The monoisotopic (exact) mass is 371 g/mol. The van der Waals surface area contributed by atoms with Crippen molar-refractivity contribution in [1.29, 1.82) is 0 Å². The molecule has 1 aliphatic heterocycles. The maximum atomic E-state index is 12.4. The van der Waals surface area contributed by atoms with Gasteiger partial charge in [-0.1, -0.05) is 19.1 Å². The molecular formula is C21H29N3OS. The van der Waals surface area contributed by atoms with E-state index in [1.807, 2.05) is 11.3 Å². The maximum Gasteiger partial charge on any atom is 0.234 e. The standard InChI is InChI=1S/C21H29N3OS/c1-15-6-8-17(9-7-15)22-20(25)14-24-12-10-16(11-13-24)21-23-18-4-2-3-5-19(18)26-21/h2-5,15-17H,6-14H2,1H3,(H,22,25). The Bertz CT molecular complexity index is 710. The zero-order chi connectivity index (χ0) is 17.9. The molecule has 5 heteroatoms. The second-order valence-electron chi connectivity index (χ2n) is 8.09. The first-order valence-electron chi connectivity index (χ1n) is 10.0. The van der Waals surface area contributed by atoms with Crippen LogP contribution in [0.3, 0.4) is 0 Å². The smallest absolute Gasteiger partial charge is 0.234 e. The highest BCUT2D eigenvalue weighted by Crippen LogP contribution is 2.33. The number of carbonyl (C=O) groups excluding carboxylic acids is 1. The lowest BCUT2D eigenvalue weighted by Crippen LogP contribution is -2.45. The molecule has 26 heavy (non-hydrogen) atoms. The van der Waals surface area contributed by atoms with Gasteiger partial charge in [0.05, 0.1) is 21.8 Å². The Labute approximate surface area is 160 Å². The fourth-order valence-corrected chi connectivity index (χ4v) is 5.42. The second-order valence-corrected chi connectivity index (χ2v) is 9.16. The van der Waals surface area contributed by atoms with Gasteiger partial charge in [0.1, 0.15) is 0 Å². The molecule has 0 unspecified atom stereocenters. The maximum absolute atomic E-state index is 12.4. The zero-order valence-electron chi connectivity index (χ0n) is 15.6. The highest BCUT2D eigenvalue weighted by Gasteiger charge is 2.25. The lowest BCUT2D eigenvalue weighted by molar-refractivity contribution is -0.123. The topological polar surface area (TPSA) is 45.2 Å². The van der Waals surface area contributed by atoms with Crippen molar-refractivity contribution in [1.82, 2.24) is 15.2 Å². The van der Waals surface area contributed by atoms with Crippen LogP contribution in [0.1, 0.15) is 56.4 Å². The van der Waals surface area contributed by atoms with E-state index in [9.17, 15) is 4.79 Å². The van der Waals surface area contributed by atoms with Crippen LogP contribution in [-0.4, -0.2) is 41.5 Å². The quantitative estimate of drug-likeness (QED) is 0.877. The summed E-state index contributed by atoms with van der Waals surface area (Å²) in [6, 6.07) is 8.79. The molecule has 1 aliphatic carbocycles. The van der Waals surface area contributed by atoms with E-state index in [2.05, 4.69) is 41.4 Å². The van der Waals surface area contributed by atoms with Crippen LogP contribution in [0, 0.1) is 5.92 Å². The molecule has 0 atom stereocenters. The Morgan fingerprint density at radius 1 is 1.15 bits per heavy atom. The van der Waals surface area contributed by atoms with Crippen LogP contribution in [0.25, 0.3) is 10.2 Å². The summed E-state index contributed by atoms with van der Waals surface area (Å²) in [5.74, 6) is 1.58. The van der Waals surface area contributed by atoms with Crippen molar-refractivity contribution >= 4 is 27.5 Å². The highest BCUT2D eigenvalue weighted by atomic mass is 32.1. The summed E-state index contributed by atoms with van der Waals surface area (Å²) in [6.45, 7) is 4.86. The van der Waals surface area contributed by atoms with Crippen molar-refractivity contribution in [3.8, 4) is 0 Å². The number of para-hydroxylation sites is 1. The number of thiazole rings is 1. The predicted octanol–water partition coefficient (Wildman–Crippen LogP) is 4.17. The van der Waals surface area contributed by atoms with Crippen molar-refractivity contribution in [3.05, 3.63) is 29.3 Å². The number of piperidine rings is 1. The van der Waals surface area contributed by atoms with E-state index in [0.29, 0.717) is 18.5 Å². The average Bonchev–Trinajstić information content (AvgIpc) is 3.08. The van der Waals surface area contributed by atoms with Crippen molar-refractivity contribution in [2.45, 2.75) is 57.4 Å². The Balaban J connectivity index is 1.25. The number of benzene rings is 1. The van der Waals surface area contributed by atoms with E-state index in [1.165, 1.54) is 22.5 Å². The Morgan fingerprint density at radius 3 is 2.62 bits per heavy atom. The van der Waals surface area contributed by atoms with Gasteiger partial charge in [-0.2, -0.15) is 0 Å². The van der Waals surface area contributed by atoms with Gasteiger partial charge in [-0.05, 0) is 69.7 Å². The van der Waals surface area contributed by atoms with Crippen LogP contribution < -0.4 is 5.32 Å². The normalized spacial score (nSPS) is 25.4. The summed E-state index contributed by atoms with van der Waals surface area (Å²) in [6.07, 6.45) is 7.00. The van der Waals surface area contributed by atoms with Gasteiger partial charge in [0, 0.05) is 12.0 Å². The molecule has 1 aromatic carbocycles. The Kier molecular flexibility index (Phi) is 5.55. The van der Waals surface area contributed by atoms with Gasteiger partial charge in [0.2, 0.25) is 5.91 Å². The van der Waals surface area contributed by atoms with Crippen LogP contribution >= 0.6 is 11.3 Å². The van der Waals surface area contributed by atoms with Crippen molar-refractivity contribution in [3.63, 3.8) is 0 Å². The third-order valence-electron chi connectivity index (χ3n) is 6.00. The molecular weight excluding hydrogens is 342 g/mol. The number of amides is 1. The third kappa shape index (κ3) is 4.26.